The standard InChI is InChI=1S/C37H41F2NO2Si/c1-26-22-30(38)16-18-32(26)36-35(39)33-23-31(41-25-29-10-8-7-9-11-29)17-19-34(33)40(36)24-28-14-12-27(13-15-28)20-21-42-43(5,6)37(2,3)4/h7-19,22-23H,20-21,24-25H2,1-6H3. The van der Waals surface area contributed by atoms with E-state index >= 15 is 4.39 Å². The molecule has 0 amide bonds. The monoisotopic (exact) mass is 597 g/mol. The Morgan fingerprint density at radius 1 is 0.791 bits per heavy atom. The van der Waals surface area contributed by atoms with Crippen LogP contribution in [0.25, 0.3) is 22.2 Å². The van der Waals surface area contributed by atoms with Crippen molar-refractivity contribution in [2.45, 2.75) is 65.4 Å². The second-order valence-electron chi connectivity index (χ2n) is 12.8. The van der Waals surface area contributed by atoms with E-state index in [1.54, 1.807) is 12.1 Å². The predicted molar refractivity (Wildman–Crippen MR) is 175 cm³/mol. The number of halogens is 2. The number of benzene rings is 4. The molecule has 0 saturated heterocycles. The Balaban J connectivity index is 1.43. The maximum absolute atomic E-state index is 16.3. The maximum atomic E-state index is 16.3. The molecule has 0 radical (unpaired) electrons. The molecule has 0 aliphatic carbocycles. The summed E-state index contributed by atoms with van der Waals surface area (Å²) < 4.78 is 44.7. The highest BCUT2D eigenvalue weighted by Crippen LogP contribution is 2.38. The van der Waals surface area contributed by atoms with Crippen LogP contribution >= 0.6 is 0 Å². The van der Waals surface area contributed by atoms with Crippen molar-refractivity contribution in [3.63, 3.8) is 0 Å². The summed E-state index contributed by atoms with van der Waals surface area (Å²) in [6.45, 7) is 14.7. The molecule has 224 valence electrons. The van der Waals surface area contributed by atoms with E-state index in [2.05, 4.69) is 58.1 Å². The molecule has 43 heavy (non-hydrogen) atoms. The summed E-state index contributed by atoms with van der Waals surface area (Å²) in [4.78, 5) is 0. The molecule has 0 saturated carbocycles. The first kappa shape index (κ1) is 30.7. The molecular weight excluding hydrogens is 556 g/mol. The van der Waals surface area contributed by atoms with Crippen molar-refractivity contribution < 1.29 is 17.9 Å². The summed E-state index contributed by atoms with van der Waals surface area (Å²) >= 11 is 0. The van der Waals surface area contributed by atoms with Gasteiger partial charge in [-0.2, -0.15) is 0 Å². The van der Waals surface area contributed by atoms with Gasteiger partial charge >= 0.3 is 0 Å². The highest BCUT2D eigenvalue weighted by molar-refractivity contribution is 6.74. The number of hydrogen-bond donors (Lipinski definition) is 0. The molecule has 5 rings (SSSR count). The topological polar surface area (TPSA) is 23.4 Å². The van der Waals surface area contributed by atoms with E-state index in [0.717, 1.165) is 23.1 Å². The molecule has 0 aliphatic rings. The van der Waals surface area contributed by atoms with Gasteiger partial charge in [-0.05, 0) is 90.1 Å². The van der Waals surface area contributed by atoms with Crippen LogP contribution in [-0.2, 0) is 24.0 Å². The first-order chi connectivity index (χ1) is 20.4. The molecule has 0 bridgehead atoms. The lowest BCUT2D eigenvalue weighted by Gasteiger charge is -2.36. The first-order valence-corrected chi connectivity index (χ1v) is 17.8. The number of fused-ring (bicyclic) bond motifs is 1. The molecule has 5 aromatic rings. The minimum atomic E-state index is -1.79. The molecule has 3 nitrogen and oxygen atoms in total. The number of rotatable bonds is 10. The van der Waals surface area contributed by atoms with Gasteiger partial charge in [0.25, 0.3) is 0 Å². The van der Waals surface area contributed by atoms with Gasteiger partial charge in [0.05, 0.1) is 11.2 Å². The average Bonchev–Trinajstić information content (AvgIpc) is 3.23. The molecular formula is C37H41F2NO2Si. The van der Waals surface area contributed by atoms with E-state index < -0.39 is 8.32 Å². The summed E-state index contributed by atoms with van der Waals surface area (Å²) in [6.07, 6.45) is 0.847. The van der Waals surface area contributed by atoms with E-state index in [1.165, 1.54) is 17.7 Å². The van der Waals surface area contributed by atoms with Crippen molar-refractivity contribution in [1.29, 1.82) is 0 Å². The van der Waals surface area contributed by atoms with Crippen molar-refractivity contribution in [2.24, 2.45) is 0 Å². The zero-order valence-electron chi connectivity index (χ0n) is 26.0. The Bertz CT molecular complexity index is 1700. The molecule has 4 aromatic carbocycles. The van der Waals surface area contributed by atoms with Gasteiger partial charge in [0.1, 0.15) is 18.2 Å². The third kappa shape index (κ3) is 6.92. The highest BCUT2D eigenvalue weighted by Gasteiger charge is 2.36. The zero-order valence-corrected chi connectivity index (χ0v) is 27.0. The summed E-state index contributed by atoms with van der Waals surface area (Å²) in [5.74, 6) is -0.0811. The van der Waals surface area contributed by atoms with Crippen LogP contribution in [0, 0.1) is 18.6 Å². The lowest BCUT2D eigenvalue weighted by molar-refractivity contribution is 0.292. The van der Waals surface area contributed by atoms with Crippen molar-refractivity contribution >= 4 is 19.2 Å². The lowest BCUT2D eigenvalue weighted by Crippen LogP contribution is -2.41. The summed E-state index contributed by atoms with van der Waals surface area (Å²) in [5, 5.41) is 0.657. The number of aryl methyl sites for hydroxylation is 1. The largest absolute Gasteiger partial charge is 0.489 e. The van der Waals surface area contributed by atoms with Crippen LogP contribution in [0.1, 0.15) is 43.0 Å². The molecule has 1 aromatic heterocycles. The molecule has 0 unspecified atom stereocenters. The van der Waals surface area contributed by atoms with Crippen LogP contribution in [0.5, 0.6) is 5.75 Å². The lowest BCUT2D eigenvalue weighted by atomic mass is 10.0. The second-order valence-corrected chi connectivity index (χ2v) is 17.6. The maximum Gasteiger partial charge on any atom is 0.191 e. The van der Waals surface area contributed by atoms with Gasteiger partial charge in [0.15, 0.2) is 14.1 Å². The second kappa shape index (κ2) is 12.5. The smallest absolute Gasteiger partial charge is 0.191 e. The number of aromatic nitrogens is 1. The fourth-order valence-electron chi connectivity index (χ4n) is 5.08. The van der Waals surface area contributed by atoms with Crippen LogP contribution in [0.4, 0.5) is 8.78 Å². The molecule has 6 heteroatoms. The summed E-state index contributed by atoms with van der Waals surface area (Å²) in [5.41, 5.74) is 5.85. The average molecular weight is 598 g/mol. The minimum absolute atomic E-state index is 0.182. The Morgan fingerprint density at radius 3 is 2.16 bits per heavy atom. The fourth-order valence-corrected chi connectivity index (χ4v) is 6.12. The number of ether oxygens (including phenoxy) is 1. The number of hydrogen-bond acceptors (Lipinski definition) is 2. The number of nitrogens with zero attached hydrogens (tertiary/aromatic N) is 1. The van der Waals surface area contributed by atoms with Gasteiger partial charge in [-0.15, -0.1) is 0 Å². The molecule has 0 fully saturated rings. The van der Waals surface area contributed by atoms with Crippen LogP contribution in [0.15, 0.2) is 91.0 Å². The van der Waals surface area contributed by atoms with Crippen LogP contribution in [0.2, 0.25) is 18.1 Å². The van der Waals surface area contributed by atoms with Gasteiger partial charge < -0.3 is 13.7 Å². The third-order valence-electron chi connectivity index (χ3n) is 8.69. The Hall–Kier alpha value is -3.74. The van der Waals surface area contributed by atoms with Gasteiger partial charge in [0.2, 0.25) is 0 Å². The van der Waals surface area contributed by atoms with Crippen LogP contribution in [-0.4, -0.2) is 19.5 Å². The van der Waals surface area contributed by atoms with E-state index in [9.17, 15) is 4.39 Å². The summed E-state index contributed by atoms with van der Waals surface area (Å²) in [6, 6.07) is 28.4. The molecule has 1 heterocycles. The van der Waals surface area contributed by atoms with Gasteiger partial charge in [-0.25, -0.2) is 8.78 Å². The van der Waals surface area contributed by atoms with Gasteiger partial charge in [0, 0.05) is 24.1 Å². The molecule has 0 aliphatic heterocycles. The first-order valence-electron chi connectivity index (χ1n) is 14.9. The van der Waals surface area contributed by atoms with E-state index in [4.69, 9.17) is 9.16 Å². The fraction of sp³-hybridized carbons (Fsp3) is 0.297. The Morgan fingerprint density at radius 2 is 1.49 bits per heavy atom. The van der Waals surface area contributed by atoms with Gasteiger partial charge in [-0.1, -0.05) is 75.4 Å². The predicted octanol–water partition coefficient (Wildman–Crippen LogP) is 10.1. The quantitative estimate of drug-likeness (QED) is 0.150. The molecule has 0 atom stereocenters. The third-order valence-corrected chi connectivity index (χ3v) is 13.2. The normalized spacial score (nSPS) is 12.2. The van der Waals surface area contributed by atoms with E-state index in [-0.39, 0.29) is 16.7 Å². The highest BCUT2D eigenvalue weighted by atomic mass is 28.4. The van der Waals surface area contributed by atoms with Crippen molar-refractivity contribution in [2.75, 3.05) is 6.61 Å². The van der Waals surface area contributed by atoms with E-state index in [1.807, 2.05) is 54.0 Å². The Labute approximate surface area is 255 Å². The van der Waals surface area contributed by atoms with Gasteiger partial charge in [-0.3, -0.25) is 0 Å². The van der Waals surface area contributed by atoms with E-state index in [0.29, 0.717) is 47.7 Å². The van der Waals surface area contributed by atoms with Crippen molar-refractivity contribution in [1.82, 2.24) is 4.57 Å². The van der Waals surface area contributed by atoms with Crippen LogP contribution in [0.3, 0.4) is 0 Å². The van der Waals surface area contributed by atoms with Crippen molar-refractivity contribution in [3.05, 3.63) is 125 Å². The molecule has 0 N–H and O–H groups in total. The molecule has 0 spiro atoms. The van der Waals surface area contributed by atoms with Crippen LogP contribution < -0.4 is 4.74 Å². The summed E-state index contributed by atoms with van der Waals surface area (Å²) in [7, 11) is -1.79. The minimum Gasteiger partial charge on any atom is -0.489 e. The van der Waals surface area contributed by atoms with Crippen molar-refractivity contribution in [3.8, 4) is 17.0 Å². The zero-order chi connectivity index (χ0) is 30.8. The Kier molecular flexibility index (Phi) is 8.90. The SMILES string of the molecule is Cc1cc(F)ccc1-c1c(F)c2cc(OCc3ccccc3)ccc2n1Cc1ccc(CCO[Si](C)(C)C(C)(C)C)cc1.